The van der Waals surface area contributed by atoms with Gasteiger partial charge in [-0.1, -0.05) is 11.6 Å². The molecule has 0 fully saturated rings. The number of nitrogens with one attached hydrogen (secondary N) is 1. The molecule has 1 N–H and O–H groups in total. The van der Waals surface area contributed by atoms with Crippen LogP contribution in [0, 0.1) is 0 Å². The second-order valence-corrected chi connectivity index (χ2v) is 7.15. The summed E-state index contributed by atoms with van der Waals surface area (Å²) in [6.07, 6.45) is 2.52. The average Bonchev–Trinajstić information content (AvgIpc) is 3.14. The van der Waals surface area contributed by atoms with Crippen molar-refractivity contribution in [1.82, 2.24) is 10.2 Å². The molecule has 0 bridgehead atoms. The molecule has 0 saturated carbocycles. The fourth-order valence-corrected chi connectivity index (χ4v) is 2.92. The summed E-state index contributed by atoms with van der Waals surface area (Å²) in [4.78, 5) is 30.8. The van der Waals surface area contributed by atoms with Crippen molar-refractivity contribution in [1.29, 1.82) is 0 Å². The maximum absolute atomic E-state index is 12.7. The Balaban J connectivity index is 2.27. The number of allylic oxidation sites excluding steroid dienone is 5. The maximum atomic E-state index is 12.7. The van der Waals surface area contributed by atoms with Gasteiger partial charge in [0, 0.05) is 37.2 Å². The van der Waals surface area contributed by atoms with Gasteiger partial charge in [-0.2, -0.15) is 0 Å². The van der Waals surface area contributed by atoms with Gasteiger partial charge in [0.15, 0.2) is 0 Å². The number of carbonyl (C=O) groups is 2. The van der Waals surface area contributed by atoms with E-state index in [1.807, 2.05) is 33.8 Å². The number of amides is 2. The summed E-state index contributed by atoms with van der Waals surface area (Å²) in [7, 11) is 5.01. The van der Waals surface area contributed by atoms with Gasteiger partial charge >= 0.3 is 0 Å². The first-order valence-corrected chi connectivity index (χ1v) is 9.48. The van der Waals surface area contributed by atoms with Crippen LogP contribution < -0.4 is 5.32 Å². The van der Waals surface area contributed by atoms with Crippen LogP contribution in [0.25, 0.3) is 0 Å². The Morgan fingerprint density at radius 1 is 1.10 bits per heavy atom. The van der Waals surface area contributed by atoms with E-state index in [1.54, 1.807) is 45.5 Å². The van der Waals surface area contributed by atoms with Crippen LogP contribution in [-0.2, 0) is 4.74 Å². The Morgan fingerprint density at radius 2 is 1.69 bits per heavy atom. The number of amidine groups is 1. The van der Waals surface area contributed by atoms with E-state index < -0.39 is 0 Å². The maximum Gasteiger partial charge on any atom is 0.256 e. The number of hydrogen-bond acceptors (Lipinski definition) is 4. The Morgan fingerprint density at radius 3 is 2.21 bits per heavy atom. The number of aliphatic imine (C=N–C) groups is 1. The van der Waals surface area contributed by atoms with Gasteiger partial charge in [0.25, 0.3) is 11.8 Å². The third kappa shape index (κ3) is 5.02. The van der Waals surface area contributed by atoms with Crippen LogP contribution in [0.4, 0.5) is 0 Å². The highest BCUT2D eigenvalue weighted by Crippen LogP contribution is 2.32. The van der Waals surface area contributed by atoms with Crippen LogP contribution in [0.5, 0.6) is 0 Å². The van der Waals surface area contributed by atoms with Crippen molar-refractivity contribution in [2.45, 2.75) is 34.1 Å². The average molecular weight is 396 g/mol. The fourth-order valence-electron chi connectivity index (χ4n) is 2.92. The van der Waals surface area contributed by atoms with Crippen molar-refractivity contribution in [3.63, 3.8) is 0 Å². The Bertz CT molecular complexity index is 933. The highest BCUT2D eigenvalue weighted by atomic mass is 16.5. The SMILES string of the molecule is C/C=C(C)/C(C)=C1\N=C(NC(=O)c2ccc(C(=O)N(C)C)cc2)C\C1=C(\C)OC. The first-order chi connectivity index (χ1) is 13.7. The second-order valence-electron chi connectivity index (χ2n) is 7.15. The van der Waals surface area contributed by atoms with Crippen LogP contribution in [-0.4, -0.2) is 43.8 Å². The van der Waals surface area contributed by atoms with E-state index in [1.165, 1.54) is 4.90 Å². The van der Waals surface area contributed by atoms with E-state index in [9.17, 15) is 9.59 Å². The van der Waals surface area contributed by atoms with Gasteiger partial charge in [-0.3, -0.25) is 9.59 Å². The molecule has 0 aromatic heterocycles. The van der Waals surface area contributed by atoms with Gasteiger partial charge in [-0.25, -0.2) is 4.99 Å². The lowest BCUT2D eigenvalue weighted by Gasteiger charge is -2.10. The van der Waals surface area contributed by atoms with E-state index in [2.05, 4.69) is 10.3 Å². The monoisotopic (exact) mass is 395 g/mol. The van der Waals surface area contributed by atoms with Crippen LogP contribution >= 0.6 is 0 Å². The van der Waals surface area contributed by atoms with Crippen LogP contribution in [0.1, 0.15) is 54.8 Å². The number of hydrogen-bond donors (Lipinski definition) is 1. The summed E-state index contributed by atoms with van der Waals surface area (Å²) in [5, 5.41) is 2.89. The fraction of sp³-hybridized carbons (Fsp3) is 0.348. The van der Waals surface area contributed by atoms with E-state index >= 15 is 0 Å². The van der Waals surface area contributed by atoms with E-state index in [0.717, 1.165) is 28.2 Å². The molecule has 154 valence electrons. The summed E-state index contributed by atoms with van der Waals surface area (Å²) >= 11 is 0. The normalized spacial score (nSPS) is 17.5. The molecule has 2 rings (SSSR count). The van der Waals surface area contributed by atoms with E-state index in [4.69, 9.17) is 4.74 Å². The molecule has 1 aliphatic heterocycles. The molecule has 0 aliphatic carbocycles. The lowest BCUT2D eigenvalue weighted by atomic mass is 10.0. The summed E-state index contributed by atoms with van der Waals surface area (Å²) in [6, 6.07) is 6.59. The van der Waals surface area contributed by atoms with Crippen LogP contribution in [0.15, 0.2) is 63.5 Å². The molecule has 2 amide bonds. The summed E-state index contributed by atoms with van der Waals surface area (Å²) in [6.45, 7) is 7.93. The molecule has 0 unspecified atom stereocenters. The first kappa shape index (κ1) is 22.1. The molecule has 6 nitrogen and oxygen atoms in total. The zero-order valence-corrected chi connectivity index (χ0v) is 18.2. The number of carbonyl (C=O) groups excluding carboxylic acids is 2. The molecule has 1 aliphatic rings. The predicted octanol–water partition coefficient (Wildman–Crippen LogP) is 4.08. The second kappa shape index (κ2) is 9.37. The van der Waals surface area contributed by atoms with Crippen molar-refractivity contribution in [2.75, 3.05) is 21.2 Å². The Kier molecular flexibility index (Phi) is 7.15. The van der Waals surface area contributed by atoms with Crippen LogP contribution in [0.3, 0.4) is 0 Å². The first-order valence-electron chi connectivity index (χ1n) is 9.48. The largest absolute Gasteiger partial charge is 0.501 e. The van der Waals surface area contributed by atoms with Gasteiger partial charge in [0.2, 0.25) is 0 Å². The zero-order chi connectivity index (χ0) is 21.7. The summed E-state index contributed by atoms with van der Waals surface area (Å²) in [5.41, 5.74) is 4.98. The molecule has 0 atom stereocenters. The number of benzene rings is 1. The molecule has 1 aromatic carbocycles. The van der Waals surface area contributed by atoms with Gasteiger partial charge < -0.3 is 15.0 Å². The van der Waals surface area contributed by atoms with Crippen molar-refractivity contribution in [3.8, 4) is 0 Å². The van der Waals surface area contributed by atoms with Crippen LogP contribution in [0.2, 0.25) is 0 Å². The minimum absolute atomic E-state index is 0.105. The number of nitrogens with zero attached hydrogens (tertiary/aromatic N) is 2. The van der Waals surface area contributed by atoms with Gasteiger partial charge in [-0.05, 0) is 57.5 Å². The standard InChI is InChI=1S/C23H29N3O3/c1-8-14(2)15(3)21-19(16(4)29-7)13-20(24-21)25-22(27)17-9-11-18(12-10-17)23(28)26(5)6/h8-12H,13H2,1-7H3,(H,24,25,27)/b14-8+,19-16+,21-15-. The topological polar surface area (TPSA) is 71.0 Å². The van der Waals surface area contributed by atoms with Gasteiger partial charge in [-0.15, -0.1) is 0 Å². The van der Waals surface area contributed by atoms with E-state index in [-0.39, 0.29) is 11.8 Å². The number of rotatable bonds is 4. The van der Waals surface area contributed by atoms with Gasteiger partial charge in [0.05, 0.1) is 18.6 Å². The molecule has 1 heterocycles. The minimum Gasteiger partial charge on any atom is -0.501 e. The van der Waals surface area contributed by atoms with E-state index in [0.29, 0.717) is 23.4 Å². The highest BCUT2D eigenvalue weighted by Gasteiger charge is 2.24. The van der Waals surface area contributed by atoms with Crippen molar-refractivity contribution < 1.29 is 14.3 Å². The smallest absolute Gasteiger partial charge is 0.256 e. The van der Waals surface area contributed by atoms with Gasteiger partial charge in [0.1, 0.15) is 5.84 Å². The third-order valence-corrected chi connectivity index (χ3v) is 5.05. The molecule has 29 heavy (non-hydrogen) atoms. The quantitative estimate of drug-likeness (QED) is 0.781. The third-order valence-electron chi connectivity index (χ3n) is 5.05. The molecule has 6 heteroatoms. The Labute approximate surface area is 172 Å². The molecule has 0 radical (unpaired) electrons. The van der Waals surface area contributed by atoms with Crippen molar-refractivity contribution in [3.05, 3.63) is 69.6 Å². The molecule has 1 aromatic rings. The molecule has 0 saturated heterocycles. The predicted molar refractivity (Wildman–Crippen MR) is 116 cm³/mol. The van der Waals surface area contributed by atoms with Crippen molar-refractivity contribution >= 4 is 17.6 Å². The molecule has 0 spiro atoms. The summed E-state index contributed by atoms with van der Waals surface area (Å²) in [5.74, 6) is 0.992. The summed E-state index contributed by atoms with van der Waals surface area (Å²) < 4.78 is 5.42. The molecular formula is C23H29N3O3. The number of ether oxygens (including phenoxy) is 1. The Hall–Kier alpha value is -3.15. The van der Waals surface area contributed by atoms with Crippen molar-refractivity contribution in [2.24, 2.45) is 4.99 Å². The molecular weight excluding hydrogens is 366 g/mol. The lowest BCUT2D eigenvalue weighted by Crippen LogP contribution is -2.29. The number of methoxy groups -OCH3 is 1. The minimum atomic E-state index is -0.260. The zero-order valence-electron chi connectivity index (χ0n) is 18.2. The lowest BCUT2D eigenvalue weighted by molar-refractivity contribution is 0.0826. The highest BCUT2D eigenvalue weighted by molar-refractivity contribution is 6.09.